The van der Waals surface area contributed by atoms with Gasteiger partial charge in [0.15, 0.2) is 0 Å². The van der Waals surface area contributed by atoms with Crippen molar-refractivity contribution in [2.24, 2.45) is 16.6 Å². The van der Waals surface area contributed by atoms with Crippen molar-refractivity contribution in [3.05, 3.63) is 76.5 Å². The average Bonchev–Trinajstić information content (AvgIpc) is 2.72. The smallest absolute Gasteiger partial charge is 0.430 e. The lowest BCUT2D eigenvalue weighted by Crippen LogP contribution is -2.31. The summed E-state index contributed by atoms with van der Waals surface area (Å²) in [6, 6.07) is 11.9. The third kappa shape index (κ3) is 6.85. The maximum Gasteiger partial charge on any atom is 0.430 e. The van der Waals surface area contributed by atoms with Crippen molar-refractivity contribution >= 4 is 34.9 Å². The summed E-state index contributed by atoms with van der Waals surface area (Å²) in [5, 5.41) is 11.6. The molecular formula is C21H19ClF3N3O3. The van der Waals surface area contributed by atoms with Gasteiger partial charge in [0.2, 0.25) is 0 Å². The molecule has 164 valence electrons. The summed E-state index contributed by atoms with van der Waals surface area (Å²) in [6.07, 6.45) is -4.06. The van der Waals surface area contributed by atoms with E-state index in [9.17, 15) is 22.8 Å². The molecule has 6 nitrogen and oxygen atoms in total. The Morgan fingerprint density at radius 3 is 2.29 bits per heavy atom. The van der Waals surface area contributed by atoms with E-state index >= 15 is 0 Å². The zero-order valence-corrected chi connectivity index (χ0v) is 17.0. The summed E-state index contributed by atoms with van der Waals surface area (Å²) in [5.74, 6) is -2.34. The Kier molecular flexibility index (Phi) is 7.82. The van der Waals surface area contributed by atoms with Crippen LogP contribution in [0.25, 0.3) is 0 Å². The molecule has 0 aromatic heterocycles. The Labute approximate surface area is 181 Å². The van der Waals surface area contributed by atoms with E-state index in [0.717, 1.165) is 0 Å². The highest BCUT2D eigenvalue weighted by Gasteiger charge is 2.31. The number of nitrogens with two attached hydrogens (primary N) is 1. The number of alkyl halides is 3. The number of nitrogens with one attached hydrogen (secondary N) is 1. The van der Waals surface area contributed by atoms with E-state index < -0.39 is 29.7 Å². The summed E-state index contributed by atoms with van der Waals surface area (Å²) in [5.41, 5.74) is 4.43. The Balaban J connectivity index is 2.36. The van der Waals surface area contributed by atoms with E-state index in [2.05, 4.69) is 10.3 Å². The Morgan fingerprint density at radius 1 is 1.16 bits per heavy atom. The van der Waals surface area contributed by atoms with Gasteiger partial charge in [-0.25, -0.2) is 4.99 Å². The normalized spacial score (nSPS) is 13.6. The molecule has 0 aliphatic rings. The molecule has 2 aromatic rings. The van der Waals surface area contributed by atoms with Crippen LogP contribution in [0.2, 0.25) is 5.02 Å². The maximum atomic E-state index is 13.0. The molecule has 0 saturated heterocycles. The molecule has 2 aromatic carbocycles. The second kappa shape index (κ2) is 10.1. The highest BCUT2D eigenvalue weighted by Crippen LogP contribution is 2.27. The molecule has 0 spiro atoms. The van der Waals surface area contributed by atoms with Gasteiger partial charge in [0.25, 0.3) is 5.91 Å². The fourth-order valence-corrected chi connectivity index (χ4v) is 2.49. The van der Waals surface area contributed by atoms with Crippen LogP contribution in [0.4, 0.5) is 18.9 Å². The molecule has 0 fully saturated rings. The Morgan fingerprint density at radius 2 is 1.74 bits per heavy atom. The van der Waals surface area contributed by atoms with Gasteiger partial charge in [0.05, 0.1) is 22.3 Å². The minimum atomic E-state index is -4.75. The number of hydrogen-bond acceptors (Lipinski definition) is 4. The molecule has 2 rings (SSSR count). The van der Waals surface area contributed by atoms with Gasteiger partial charge in [-0.3, -0.25) is 9.59 Å². The van der Waals surface area contributed by atoms with Crippen LogP contribution in [0.3, 0.4) is 0 Å². The molecule has 0 aliphatic heterocycles. The summed E-state index contributed by atoms with van der Waals surface area (Å²) < 4.78 is 38.9. The molecule has 10 heteroatoms. The van der Waals surface area contributed by atoms with Crippen LogP contribution >= 0.6 is 11.6 Å². The lowest BCUT2D eigenvalue weighted by molar-refractivity contribution is -0.140. The number of carbonyl (C=O) groups excluding carboxylic acids is 1. The SMILES string of the molecule is CC(CNC(=O)c1ccc(C(C=C(N)C(F)(F)F)=Nc2ccccc2Cl)cc1)C(=O)O. The van der Waals surface area contributed by atoms with E-state index in [0.29, 0.717) is 6.08 Å². The second-order valence-corrected chi connectivity index (χ2v) is 6.98. The molecule has 4 N–H and O–H groups in total. The maximum absolute atomic E-state index is 13.0. The van der Waals surface area contributed by atoms with Crippen molar-refractivity contribution in [2.75, 3.05) is 6.54 Å². The van der Waals surface area contributed by atoms with Gasteiger partial charge in [-0.15, -0.1) is 0 Å². The molecule has 0 bridgehead atoms. The van der Waals surface area contributed by atoms with E-state index in [4.69, 9.17) is 22.4 Å². The predicted molar refractivity (Wildman–Crippen MR) is 112 cm³/mol. The molecule has 1 atom stereocenters. The number of benzene rings is 2. The van der Waals surface area contributed by atoms with E-state index in [1.165, 1.54) is 37.3 Å². The Bertz CT molecular complexity index is 1020. The highest BCUT2D eigenvalue weighted by atomic mass is 35.5. The monoisotopic (exact) mass is 453 g/mol. The fourth-order valence-electron chi connectivity index (χ4n) is 2.31. The van der Waals surface area contributed by atoms with Crippen molar-refractivity contribution in [3.8, 4) is 0 Å². The number of carbonyl (C=O) groups is 2. The number of aliphatic carboxylic acids is 1. The first kappa shape index (κ1) is 23.9. The van der Waals surface area contributed by atoms with Gasteiger partial charge in [0, 0.05) is 17.7 Å². The number of hydrogen-bond donors (Lipinski definition) is 3. The third-order valence-corrected chi connectivity index (χ3v) is 4.47. The number of halogens is 4. The van der Waals surface area contributed by atoms with Gasteiger partial charge in [0.1, 0.15) is 5.70 Å². The third-order valence-electron chi connectivity index (χ3n) is 4.15. The quantitative estimate of drug-likeness (QED) is 0.543. The largest absolute Gasteiger partial charge is 0.481 e. The zero-order valence-electron chi connectivity index (χ0n) is 16.3. The van der Waals surface area contributed by atoms with Crippen LogP contribution in [-0.4, -0.2) is 35.4 Å². The number of carboxylic acids is 1. The molecule has 31 heavy (non-hydrogen) atoms. The van der Waals surface area contributed by atoms with Gasteiger partial charge in [-0.05, 0) is 30.3 Å². The minimum Gasteiger partial charge on any atom is -0.481 e. The van der Waals surface area contributed by atoms with Crippen LogP contribution in [0.15, 0.2) is 65.3 Å². The van der Waals surface area contributed by atoms with Gasteiger partial charge >= 0.3 is 12.1 Å². The molecule has 0 radical (unpaired) electrons. The Hall–Kier alpha value is -3.33. The predicted octanol–water partition coefficient (Wildman–Crippen LogP) is 4.32. The standard InChI is InChI=1S/C21H19ClF3N3O3/c1-12(20(30)31)11-27-19(29)14-8-6-13(7-9-14)17(10-18(26)21(23,24)25)28-16-5-3-2-4-15(16)22/h2-10,12H,11,26H2,1H3,(H,27,29)(H,30,31). The number of aliphatic imine (C=N–C) groups is 1. The van der Waals surface area contributed by atoms with Crippen molar-refractivity contribution in [3.63, 3.8) is 0 Å². The number of nitrogens with zero attached hydrogens (tertiary/aromatic N) is 1. The van der Waals surface area contributed by atoms with Gasteiger partial charge in [-0.1, -0.05) is 42.8 Å². The summed E-state index contributed by atoms with van der Waals surface area (Å²) >= 11 is 6.06. The first-order valence-corrected chi connectivity index (χ1v) is 9.36. The average molecular weight is 454 g/mol. The number of allylic oxidation sites excluding steroid dienone is 2. The van der Waals surface area contributed by atoms with Crippen molar-refractivity contribution in [1.82, 2.24) is 5.32 Å². The van der Waals surface area contributed by atoms with Crippen LogP contribution in [0.5, 0.6) is 0 Å². The summed E-state index contributed by atoms with van der Waals surface area (Å²) in [6.45, 7) is 1.38. The van der Waals surface area contributed by atoms with Crippen molar-refractivity contribution in [2.45, 2.75) is 13.1 Å². The molecule has 0 aliphatic carbocycles. The topological polar surface area (TPSA) is 105 Å². The van der Waals surface area contributed by atoms with Gasteiger partial charge in [-0.2, -0.15) is 13.2 Å². The molecular weight excluding hydrogens is 435 g/mol. The first-order chi connectivity index (χ1) is 14.5. The number of para-hydroxylation sites is 1. The summed E-state index contributed by atoms with van der Waals surface area (Å²) in [7, 11) is 0. The number of carboxylic acid groups (broad SMARTS) is 1. The van der Waals surface area contributed by atoms with Crippen LogP contribution < -0.4 is 11.1 Å². The first-order valence-electron chi connectivity index (χ1n) is 8.98. The fraction of sp³-hybridized carbons (Fsp3) is 0.190. The van der Waals surface area contributed by atoms with Crippen molar-refractivity contribution in [1.29, 1.82) is 0 Å². The molecule has 0 heterocycles. The van der Waals surface area contributed by atoms with Crippen LogP contribution in [-0.2, 0) is 4.79 Å². The van der Waals surface area contributed by atoms with Crippen molar-refractivity contribution < 1.29 is 27.9 Å². The number of amides is 1. The summed E-state index contributed by atoms with van der Waals surface area (Å²) in [4.78, 5) is 27.2. The van der Waals surface area contributed by atoms with Crippen LogP contribution in [0, 0.1) is 5.92 Å². The molecule has 1 unspecified atom stereocenters. The molecule has 1 amide bonds. The van der Waals surface area contributed by atoms with E-state index in [1.807, 2.05) is 0 Å². The van der Waals surface area contributed by atoms with Gasteiger partial charge < -0.3 is 16.2 Å². The van der Waals surface area contributed by atoms with Crippen LogP contribution in [0.1, 0.15) is 22.8 Å². The van der Waals surface area contributed by atoms with E-state index in [-0.39, 0.29) is 34.1 Å². The second-order valence-electron chi connectivity index (χ2n) is 6.57. The van der Waals surface area contributed by atoms with E-state index in [1.54, 1.807) is 18.2 Å². The number of rotatable bonds is 7. The molecule has 0 saturated carbocycles. The minimum absolute atomic E-state index is 0.0695. The highest BCUT2D eigenvalue weighted by molar-refractivity contribution is 6.33. The zero-order chi connectivity index (χ0) is 23.2. The lowest BCUT2D eigenvalue weighted by Gasteiger charge is -2.11. The lowest BCUT2D eigenvalue weighted by atomic mass is 10.1.